The van der Waals surface area contributed by atoms with E-state index in [-0.39, 0.29) is 103 Å². The normalized spacial score (nSPS) is 17.3. The van der Waals surface area contributed by atoms with E-state index >= 15 is 0 Å². The van der Waals surface area contributed by atoms with Crippen molar-refractivity contribution in [1.82, 2.24) is 14.5 Å². The zero-order valence-electron chi connectivity index (χ0n) is 32.2. The van der Waals surface area contributed by atoms with Gasteiger partial charge in [-0.05, 0) is 48.2 Å². The van der Waals surface area contributed by atoms with Crippen LogP contribution in [-0.4, -0.2) is 69.3 Å². The quantitative estimate of drug-likeness (QED) is 0.0457. The fourth-order valence-electron chi connectivity index (χ4n) is 7.34. The summed E-state index contributed by atoms with van der Waals surface area (Å²) < 4.78 is 12.6. The maximum Gasteiger partial charge on any atom is 0.362 e. The van der Waals surface area contributed by atoms with Crippen LogP contribution >= 0.6 is 0 Å². The highest BCUT2D eigenvalue weighted by atomic mass is 16.7. The molecule has 14 nitrogen and oxygen atoms in total. The Hall–Kier alpha value is -6.41. The topological polar surface area (TPSA) is 168 Å². The SMILES string of the molecule is CC(C)[C@H]1C(=O)N2C(C(=O)OC(=O)c3ccc([N+](=O)[O-])cc3)=C(CN(C)CC(=O)CCc3cc(=O)c(OCc4ccccc4)cn3OCc3ccccc3)[C@H](C)[C@H]12. The molecule has 3 atom stereocenters. The summed E-state index contributed by atoms with van der Waals surface area (Å²) >= 11 is 0. The van der Waals surface area contributed by atoms with Crippen LogP contribution in [0.15, 0.2) is 113 Å². The lowest BCUT2D eigenvalue weighted by Gasteiger charge is -2.47. The summed E-state index contributed by atoms with van der Waals surface area (Å²) in [7, 11) is 1.72. The average Bonchev–Trinajstić information content (AvgIpc) is 3.43. The number of pyridine rings is 1. The number of nitrogens with zero attached hydrogens (tertiary/aromatic N) is 4. The molecule has 6 rings (SSSR count). The van der Waals surface area contributed by atoms with Gasteiger partial charge in [-0.25, -0.2) is 9.59 Å². The fourth-order valence-corrected chi connectivity index (χ4v) is 7.34. The standard InChI is InChI=1S/C43H44N4O10/c1-27(2)38-39-28(3)35(40(46(39)41(38)50)43(52)57-42(51)31-15-17-32(18-16-31)47(53)54)23-44(4)22-34(48)20-19-33-21-36(49)37(55-25-29-11-7-5-8-12-29)24-45(33)56-26-30-13-9-6-10-14-30/h5-18,21,24,27-28,38-39H,19-20,22-23,25-26H2,1-4H3/t28-,38+,39+/m0/s1. The summed E-state index contributed by atoms with van der Waals surface area (Å²) in [6, 6.07) is 24.7. The third-order valence-electron chi connectivity index (χ3n) is 10.3. The highest BCUT2D eigenvalue weighted by molar-refractivity contribution is 6.06. The van der Waals surface area contributed by atoms with Crippen LogP contribution in [0.25, 0.3) is 0 Å². The number of β-lactam (4-membered cyclic amide) rings is 1. The number of hydrogen-bond donors (Lipinski definition) is 0. The smallest absolute Gasteiger partial charge is 0.362 e. The van der Waals surface area contributed by atoms with Gasteiger partial charge in [-0.3, -0.25) is 29.4 Å². The van der Waals surface area contributed by atoms with Crippen molar-refractivity contribution < 1.29 is 38.4 Å². The van der Waals surface area contributed by atoms with Crippen LogP contribution in [0, 0.1) is 27.9 Å². The molecule has 4 aromatic rings. The van der Waals surface area contributed by atoms with E-state index in [9.17, 15) is 34.1 Å². The van der Waals surface area contributed by atoms with Crippen LogP contribution in [0.5, 0.6) is 5.75 Å². The number of esters is 2. The van der Waals surface area contributed by atoms with Crippen LogP contribution in [0.3, 0.4) is 0 Å². The third-order valence-corrected chi connectivity index (χ3v) is 10.3. The molecule has 0 aliphatic carbocycles. The van der Waals surface area contributed by atoms with Gasteiger partial charge in [0.25, 0.3) is 5.69 Å². The molecule has 0 saturated carbocycles. The van der Waals surface area contributed by atoms with E-state index in [1.165, 1.54) is 34.0 Å². The van der Waals surface area contributed by atoms with Crippen molar-refractivity contribution in [2.45, 2.75) is 52.9 Å². The molecule has 0 radical (unpaired) electrons. The van der Waals surface area contributed by atoms with Gasteiger partial charge in [-0.1, -0.05) is 81.4 Å². The number of fused-ring (bicyclic) bond motifs is 1. The zero-order valence-corrected chi connectivity index (χ0v) is 32.2. The van der Waals surface area contributed by atoms with Gasteiger partial charge in [0, 0.05) is 37.1 Å². The molecular weight excluding hydrogens is 732 g/mol. The summed E-state index contributed by atoms with van der Waals surface area (Å²) in [5.41, 5.74) is 2.17. The highest BCUT2D eigenvalue weighted by Crippen LogP contribution is 2.48. The second kappa shape index (κ2) is 17.6. The second-order valence-corrected chi connectivity index (χ2v) is 14.7. The van der Waals surface area contributed by atoms with Gasteiger partial charge in [-0.2, -0.15) is 4.73 Å². The van der Waals surface area contributed by atoms with Gasteiger partial charge in [0.2, 0.25) is 11.3 Å². The first kappa shape index (κ1) is 40.3. The Labute approximate surface area is 329 Å². The molecule has 0 bridgehead atoms. The molecule has 3 heterocycles. The largest absolute Gasteiger partial charge is 0.483 e. The van der Waals surface area contributed by atoms with E-state index < -0.39 is 16.9 Å². The summed E-state index contributed by atoms with van der Waals surface area (Å²) in [5, 5.41) is 11.0. The minimum Gasteiger partial charge on any atom is -0.483 e. The van der Waals surface area contributed by atoms with E-state index in [0.717, 1.165) is 23.3 Å². The lowest BCUT2D eigenvalue weighted by atomic mass is 9.74. The number of rotatable bonds is 17. The molecule has 2 aliphatic rings. The number of hydrogen-bond acceptors (Lipinski definition) is 11. The number of non-ortho nitro benzene ring substituents is 1. The van der Waals surface area contributed by atoms with E-state index in [0.29, 0.717) is 11.3 Å². The maximum absolute atomic E-state index is 13.6. The Bertz CT molecular complexity index is 2240. The van der Waals surface area contributed by atoms with Crippen molar-refractivity contribution in [3.05, 3.63) is 151 Å². The summed E-state index contributed by atoms with van der Waals surface area (Å²) in [4.78, 5) is 86.2. The first-order valence-corrected chi connectivity index (χ1v) is 18.7. The number of nitro benzene ring substituents is 1. The Kier molecular flexibility index (Phi) is 12.4. The minimum atomic E-state index is -1.02. The van der Waals surface area contributed by atoms with Gasteiger partial charge in [0.15, 0.2) is 5.75 Å². The van der Waals surface area contributed by atoms with Crippen LogP contribution in [0.2, 0.25) is 0 Å². The Morgan fingerprint density at radius 1 is 0.895 bits per heavy atom. The van der Waals surface area contributed by atoms with Crippen LogP contribution in [-0.2, 0) is 38.8 Å². The monoisotopic (exact) mass is 776 g/mol. The first-order valence-electron chi connectivity index (χ1n) is 18.7. The number of amides is 1. The molecule has 14 heteroatoms. The molecule has 57 heavy (non-hydrogen) atoms. The number of likely N-dealkylation sites (N-methyl/N-ethyl adjacent to an activating group) is 1. The van der Waals surface area contributed by atoms with Gasteiger partial charge in [-0.15, -0.1) is 0 Å². The molecule has 1 saturated heterocycles. The van der Waals surface area contributed by atoms with Crippen molar-refractivity contribution in [3.63, 3.8) is 0 Å². The molecule has 3 aromatic carbocycles. The average molecular weight is 777 g/mol. The number of aromatic nitrogens is 1. The molecule has 1 amide bonds. The number of ketones is 1. The third kappa shape index (κ3) is 9.18. The van der Waals surface area contributed by atoms with Crippen LogP contribution in [0.1, 0.15) is 54.4 Å². The Morgan fingerprint density at radius 2 is 1.53 bits per heavy atom. The highest BCUT2D eigenvalue weighted by Gasteiger charge is 2.59. The fraction of sp³-hybridized carbons (Fsp3) is 0.326. The predicted molar refractivity (Wildman–Crippen MR) is 208 cm³/mol. The van der Waals surface area contributed by atoms with E-state index in [4.69, 9.17) is 14.3 Å². The molecule has 2 aliphatic heterocycles. The number of Topliss-reactive ketones (excluding diaryl/α,β-unsaturated/α-hetero) is 1. The summed E-state index contributed by atoms with van der Waals surface area (Å²) in [6.45, 7) is 6.29. The number of carbonyl (C=O) groups excluding carboxylic acids is 4. The lowest BCUT2D eigenvalue weighted by molar-refractivity contribution is -0.384. The van der Waals surface area contributed by atoms with Crippen LogP contribution in [0.4, 0.5) is 5.69 Å². The van der Waals surface area contributed by atoms with Crippen LogP contribution < -0.4 is 15.0 Å². The summed E-state index contributed by atoms with van der Waals surface area (Å²) in [6.07, 6.45) is 1.76. The number of ether oxygens (including phenoxy) is 2. The molecule has 1 aromatic heterocycles. The van der Waals surface area contributed by atoms with Gasteiger partial charge >= 0.3 is 11.9 Å². The van der Waals surface area contributed by atoms with Gasteiger partial charge in [0.1, 0.15) is 24.7 Å². The molecule has 1 fully saturated rings. The molecule has 0 spiro atoms. The number of carbonyl (C=O) groups is 4. The van der Waals surface area contributed by atoms with E-state index in [1.54, 1.807) is 11.9 Å². The Balaban J connectivity index is 1.15. The molecule has 0 unspecified atom stereocenters. The molecular formula is C43H44N4O10. The van der Waals surface area contributed by atoms with Crippen molar-refractivity contribution >= 4 is 29.3 Å². The Morgan fingerprint density at radius 3 is 2.14 bits per heavy atom. The van der Waals surface area contributed by atoms with Crippen molar-refractivity contribution in [3.8, 4) is 5.75 Å². The van der Waals surface area contributed by atoms with Gasteiger partial charge in [0.05, 0.1) is 40.9 Å². The van der Waals surface area contributed by atoms with Crippen molar-refractivity contribution in [2.24, 2.45) is 17.8 Å². The molecule has 296 valence electrons. The minimum absolute atomic E-state index is 0.00238. The maximum atomic E-state index is 13.6. The van der Waals surface area contributed by atoms with E-state index in [1.807, 2.05) is 81.4 Å². The second-order valence-electron chi connectivity index (χ2n) is 14.7. The van der Waals surface area contributed by atoms with Crippen molar-refractivity contribution in [1.29, 1.82) is 0 Å². The molecule has 0 N–H and O–H groups in total. The summed E-state index contributed by atoms with van der Waals surface area (Å²) in [5.74, 6) is -2.93. The van der Waals surface area contributed by atoms with Gasteiger partial charge < -0.3 is 19.2 Å². The van der Waals surface area contributed by atoms with E-state index in [2.05, 4.69) is 0 Å². The first-order chi connectivity index (χ1) is 27.3. The predicted octanol–water partition coefficient (Wildman–Crippen LogP) is 5.17. The zero-order chi connectivity index (χ0) is 40.8. The number of aryl methyl sites for hydroxylation is 1. The number of benzene rings is 3. The lowest BCUT2D eigenvalue weighted by Crippen LogP contribution is -2.62. The van der Waals surface area contributed by atoms with Crippen molar-refractivity contribution in [2.75, 3.05) is 20.1 Å². The number of nitro groups is 1.